The number of nitrogens with one attached hydrogen (secondary N) is 1. The zero-order chi connectivity index (χ0) is 15.4. The minimum atomic E-state index is -0.0134. The van der Waals surface area contributed by atoms with Crippen LogP contribution in [-0.2, 0) is 4.79 Å². The zero-order valence-corrected chi connectivity index (χ0v) is 14.4. The molecule has 0 fully saturated rings. The van der Waals surface area contributed by atoms with E-state index in [9.17, 15) is 4.79 Å². The first kappa shape index (κ1) is 16.2. The number of aryl methyl sites for hydroxylation is 1. The molecule has 0 aliphatic carbocycles. The van der Waals surface area contributed by atoms with Gasteiger partial charge in [0.1, 0.15) is 5.03 Å². The van der Waals surface area contributed by atoms with Crippen molar-refractivity contribution in [3.8, 4) is 0 Å². The van der Waals surface area contributed by atoms with Gasteiger partial charge in [-0.2, -0.15) is 11.8 Å². The van der Waals surface area contributed by atoms with E-state index in [-0.39, 0.29) is 11.8 Å². The normalized spacial score (nSPS) is 12.4. The van der Waals surface area contributed by atoms with Gasteiger partial charge >= 0.3 is 0 Å². The first-order valence-corrected chi connectivity index (χ1v) is 9.43. The van der Waals surface area contributed by atoms with E-state index in [1.54, 1.807) is 23.5 Å². The van der Waals surface area contributed by atoms with Gasteiger partial charge in [0.05, 0.1) is 11.2 Å². The van der Waals surface area contributed by atoms with Crippen molar-refractivity contribution in [3.63, 3.8) is 0 Å². The number of rotatable bonds is 5. The Labute approximate surface area is 134 Å². The second-order valence-electron chi connectivity index (χ2n) is 4.98. The van der Waals surface area contributed by atoms with Gasteiger partial charge in [-0.05, 0) is 31.1 Å². The molecule has 1 heterocycles. The topological polar surface area (TPSA) is 42.0 Å². The number of fused-ring (bicyclic) bond motifs is 1. The fraction of sp³-hybridized carbons (Fsp3) is 0.375. The number of para-hydroxylation sites is 1. The summed E-state index contributed by atoms with van der Waals surface area (Å²) >= 11 is 3.24. The van der Waals surface area contributed by atoms with Gasteiger partial charge in [0.25, 0.3) is 0 Å². The van der Waals surface area contributed by atoms with Crippen LogP contribution in [0.4, 0.5) is 5.69 Å². The summed E-state index contributed by atoms with van der Waals surface area (Å²) in [4.78, 5) is 17.0. The fourth-order valence-electron chi connectivity index (χ4n) is 2.22. The monoisotopic (exact) mass is 320 g/mol. The molecule has 0 spiro atoms. The van der Waals surface area contributed by atoms with Crippen LogP contribution in [0.5, 0.6) is 0 Å². The van der Waals surface area contributed by atoms with Crippen LogP contribution < -0.4 is 5.32 Å². The van der Waals surface area contributed by atoms with E-state index in [0.29, 0.717) is 0 Å². The Morgan fingerprint density at radius 1 is 1.33 bits per heavy atom. The van der Waals surface area contributed by atoms with Crippen molar-refractivity contribution in [3.05, 3.63) is 29.8 Å². The predicted molar refractivity (Wildman–Crippen MR) is 94.4 cm³/mol. The number of amides is 1. The molecule has 112 valence electrons. The number of benzene rings is 1. The minimum Gasteiger partial charge on any atom is -0.323 e. The molecule has 1 aromatic carbocycles. The van der Waals surface area contributed by atoms with Gasteiger partial charge < -0.3 is 5.32 Å². The number of carbonyl (C=O) groups excluding carboxylic acids is 1. The predicted octanol–water partition coefficient (Wildman–Crippen LogP) is 4.20. The third kappa shape index (κ3) is 3.52. The van der Waals surface area contributed by atoms with Crippen LogP contribution in [0.1, 0.15) is 12.5 Å². The number of hydrogen-bond acceptors (Lipinski definition) is 4. The highest BCUT2D eigenvalue weighted by molar-refractivity contribution is 7.98. The van der Waals surface area contributed by atoms with E-state index in [1.807, 2.05) is 50.6 Å². The molecule has 0 saturated heterocycles. The average Bonchev–Trinajstić information content (AvgIpc) is 2.50. The van der Waals surface area contributed by atoms with Gasteiger partial charge in [-0.25, -0.2) is 4.98 Å². The molecular weight excluding hydrogens is 300 g/mol. The molecule has 1 aromatic heterocycles. The van der Waals surface area contributed by atoms with E-state index in [4.69, 9.17) is 0 Å². The Balaban J connectivity index is 2.42. The van der Waals surface area contributed by atoms with Crippen LogP contribution in [0.15, 0.2) is 29.3 Å². The molecule has 3 nitrogen and oxygen atoms in total. The maximum absolute atomic E-state index is 12.3. The maximum Gasteiger partial charge on any atom is 0.228 e. The molecule has 1 N–H and O–H groups in total. The Bertz CT molecular complexity index is 658. The smallest absolute Gasteiger partial charge is 0.228 e. The molecule has 0 aliphatic heterocycles. The van der Waals surface area contributed by atoms with E-state index in [0.717, 1.165) is 32.9 Å². The van der Waals surface area contributed by atoms with Gasteiger partial charge in [0.2, 0.25) is 5.91 Å². The molecule has 1 unspecified atom stereocenters. The summed E-state index contributed by atoms with van der Waals surface area (Å²) in [6.45, 7) is 3.99. The summed E-state index contributed by atoms with van der Waals surface area (Å²) in [6, 6.07) is 8.03. The molecular formula is C16H20N2OS2. The van der Waals surface area contributed by atoms with E-state index in [2.05, 4.69) is 10.3 Å². The summed E-state index contributed by atoms with van der Waals surface area (Å²) in [5.41, 5.74) is 2.89. The highest BCUT2D eigenvalue weighted by Crippen LogP contribution is 2.32. The van der Waals surface area contributed by atoms with Gasteiger partial charge in [-0.1, -0.05) is 25.1 Å². The van der Waals surface area contributed by atoms with Gasteiger partial charge in [-0.15, -0.1) is 11.8 Å². The van der Waals surface area contributed by atoms with E-state index < -0.39 is 0 Å². The zero-order valence-electron chi connectivity index (χ0n) is 12.8. The minimum absolute atomic E-state index is 0.0134. The van der Waals surface area contributed by atoms with Crippen molar-refractivity contribution in [2.24, 2.45) is 5.92 Å². The van der Waals surface area contributed by atoms with E-state index >= 15 is 0 Å². The fourth-order valence-corrected chi connectivity index (χ4v) is 3.46. The lowest BCUT2D eigenvalue weighted by atomic mass is 10.1. The van der Waals surface area contributed by atoms with Gasteiger partial charge in [0.15, 0.2) is 0 Å². The third-order valence-corrected chi connectivity index (χ3v) is 4.94. The molecule has 2 aromatic rings. The first-order valence-electron chi connectivity index (χ1n) is 6.81. The number of thioether (sulfide) groups is 2. The van der Waals surface area contributed by atoms with Crippen LogP contribution >= 0.6 is 23.5 Å². The molecule has 0 saturated carbocycles. The average molecular weight is 320 g/mol. The quantitative estimate of drug-likeness (QED) is 0.838. The van der Waals surface area contributed by atoms with Crippen molar-refractivity contribution >= 4 is 46.0 Å². The number of pyridine rings is 1. The summed E-state index contributed by atoms with van der Waals surface area (Å²) in [5.74, 6) is 0.862. The molecule has 1 amide bonds. The molecule has 0 bridgehead atoms. The molecule has 21 heavy (non-hydrogen) atoms. The SMILES string of the molecule is CSCC(C)C(=O)Nc1c(SC)nc2ccccc2c1C. The Hall–Kier alpha value is -1.20. The highest BCUT2D eigenvalue weighted by Gasteiger charge is 2.17. The summed E-state index contributed by atoms with van der Waals surface area (Å²) in [5, 5.41) is 5.03. The van der Waals surface area contributed by atoms with Crippen molar-refractivity contribution in [2.75, 3.05) is 23.6 Å². The number of aromatic nitrogens is 1. The summed E-state index contributed by atoms with van der Waals surface area (Å²) in [7, 11) is 0. The Morgan fingerprint density at radius 2 is 2.05 bits per heavy atom. The van der Waals surface area contributed by atoms with Crippen molar-refractivity contribution in [1.82, 2.24) is 4.98 Å². The number of hydrogen-bond donors (Lipinski definition) is 1. The lowest BCUT2D eigenvalue weighted by Gasteiger charge is -2.16. The Morgan fingerprint density at radius 3 is 2.71 bits per heavy atom. The molecule has 1 atom stereocenters. The highest BCUT2D eigenvalue weighted by atomic mass is 32.2. The van der Waals surface area contributed by atoms with Gasteiger partial charge in [-0.3, -0.25) is 4.79 Å². The number of carbonyl (C=O) groups is 1. The maximum atomic E-state index is 12.3. The summed E-state index contributed by atoms with van der Waals surface area (Å²) < 4.78 is 0. The number of anilines is 1. The molecule has 0 aliphatic rings. The molecule has 2 rings (SSSR count). The van der Waals surface area contributed by atoms with Crippen LogP contribution in [0, 0.1) is 12.8 Å². The Kier molecular flexibility index (Phi) is 5.53. The van der Waals surface area contributed by atoms with Crippen molar-refractivity contribution in [1.29, 1.82) is 0 Å². The lowest BCUT2D eigenvalue weighted by Crippen LogP contribution is -2.23. The first-order chi connectivity index (χ1) is 10.1. The van der Waals surface area contributed by atoms with E-state index in [1.165, 1.54) is 0 Å². The standard InChI is InChI=1S/C16H20N2OS2/c1-10(9-20-3)15(19)18-14-11(2)12-7-5-6-8-13(12)17-16(14)21-4/h5-8,10H,9H2,1-4H3,(H,18,19). The van der Waals surface area contributed by atoms with Crippen LogP contribution in [0.25, 0.3) is 10.9 Å². The van der Waals surface area contributed by atoms with Crippen molar-refractivity contribution in [2.45, 2.75) is 18.9 Å². The van der Waals surface area contributed by atoms with Gasteiger partial charge in [0, 0.05) is 17.1 Å². The second kappa shape index (κ2) is 7.18. The summed E-state index contributed by atoms with van der Waals surface area (Å²) in [6.07, 6.45) is 4.00. The van der Waals surface area contributed by atoms with Crippen LogP contribution in [0.2, 0.25) is 0 Å². The third-order valence-electron chi connectivity index (χ3n) is 3.42. The van der Waals surface area contributed by atoms with Crippen molar-refractivity contribution < 1.29 is 4.79 Å². The molecule has 0 radical (unpaired) electrons. The van der Waals surface area contributed by atoms with Crippen LogP contribution in [0.3, 0.4) is 0 Å². The van der Waals surface area contributed by atoms with Crippen LogP contribution in [-0.4, -0.2) is 29.2 Å². The molecule has 5 heteroatoms. The number of nitrogens with zero attached hydrogens (tertiary/aromatic N) is 1. The largest absolute Gasteiger partial charge is 0.323 e. The lowest BCUT2D eigenvalue weighted by molar-refractivity contribution is -0.118. The second-order valence-corrected chi connectivity index (χ2v) is 6.69.